The highest BCUT2D eigenvalue weighted by Crippen LogP contribution is 2.31. The fraction of sp³-hybridized carbons (Fsp3) is 0.222. The standard InChI is InChI=1S/C18H18O/c1-18(2,3)19-17-10-6-9-15-11-13-7-4-5-8-14(13)12-16(15)17/h4-12H,1-3H3. The van der Waals surface area contributed by atoms with Gasteiger partial charge in [-0.1, -0.05) is 36.4 Å². The molecule has 0 radical (unpaired) electrons. The Morgan fingerprint density at radius 2 is 1.37 bits per heavy atom. The lowest BCUT2D eigenvalue weighted by molar-refractivity contribution is 0.133. The van der Waals surface area contributed by atoms with Crippen LogP contribution in [0.15, 0.2) is 54.6 Å². The first kappa shape index (κ1) is 12.0. The molecule has 0 unspecified atom stereocenters. The van der Waals surface area contributed by atoms with Gasteiger partial charge in [0.05, 0.1) is 0 Å². The lowest BCUT2D eigenvalue weighted by atomic mass is 10.0. The Kier molecular flexibility index (Phi) is 2.70. The van der Waals surface area contributed by atoms with Crippen molar-refractivity contribution < 1.29 is 4.74 Å². The third kappa shape index (κ3) is 2.41. The first-order chi connectivity index (χ1) is 9.03. The van der Waals surface area contributed by atoms with Gasteiger partial charge in [0.1, 0.15) is 11.4 Å². The highest BCUT2D eigenvalue weighted by atomic mass is 16.5. The number of benzene rings is 3. The monoisotopic (exact) mass is 250 g/mol. The molecule has 0 N–H and O–H groups in total. The van der Waals surface area contributed by atoms with Crippen LogP contribution < -0.4 is 4.74 Å². The van der Waals surface area contributed by atoms with Crippen LogP contribution in [0.2, 0.25) is 0 Å². The number of hydrogen-bond acceptors (Lipinski definition) is 1. The van der Waals surface area contributed by atoms with Crippen LogP contribution >= 0.6 is 0 Å². The first-order valence-electron chi connectivity index (χ1n) is 6.63. The van der Waals surface area contributed by atoms with Crippen LogP contribution in [0.25, 0.3) is 21.5 Å². The van der Waals surface area contributed by atoms with Crippen molar-refractivity contribution in [3.63, 3.8) is 0 Å². The molecule has 0 atom stereocenters. The minimum absolute atomic E-state index is 0.181. The van der Waals surface area contributed by atoms with Crippen LogP contribution in [0, 0.1) is 0 Å². The van der Waals surface area contributed by atoms with Crippen molar-refractivity contribution >= 4 is 21.5 Å². The number of ether oxygens (including phenoxy) is 1. The molecule has 3 rings (SSSR count). The van der Waals surface area contributed by atoms with E-state index in [0.717, 1.165) is 5.75 Å². The highest BCUT2D eigenvalue weighted by molar-refractivity contribution is 6.00. The van der Waals surface area contributed by atoms with Gasteiger partial charge >= 0.3 is 0 Å². The molecule has 0 spiro atoms. The third-order valence-electron chi connectivity index (χ3n) is 3.12. The van der Waals surface area contributed by atoms with Gasteiger partial charge in [-0.25, -0.2) is 0 Å². The largest absolute Gasteiger partial charge is 0.488 e. The van der Waals surface area contributed by atoms with Gasteiger partial charge in [-0.05, 0) is 55.1 Å². The van der Waals surface area contributed by atoms with Crippen molar-refractivity contribution in [3.05, 3.63) is 54.6 Å². The van der Waals surface area contributed by atoms with E-state index in [9.17, 15) is 0 Å². The molecule has 0 heterocycles. The molecule has 1 nitrogen and oxygen atoms in total. The molecule has 0 fully saturated rings. The Hall–Kier alpha value is -2.02. The summed E-state index contributed by atoms with van der Waals surface area (Å²) in [5.74, 6) is 0.954. The molecule has 3 aromatic rings. The topological polar surface area (TPSA) is 9.23 Å². The summed E-state index contributed by atoms with van der Waals surface area (Å²) in [6.45, 7) is 6.23. The van der Waals surface area contributed by atoms with Gasteiger partial charge in [0.25, 0.3) is 0 Å². The van der Waals surface area contributed by atoms with E-state index in [-0.39, 0.29) is 5.60 Å². The summed E-state index contributed by atoms with van der Waals surface area (Å²) < 4.78 is 6.06. The third-order valence-corrected chi connectivity index (χ3v) is 3.12. The van der Waals surface area contributed by atoms with E-state index < -0.39 is 0 Å². The highest BCUT2D eigenvalue weighted by Gasteiger charge is 2.13. The maximum Gasteiger partial charge on any atom is 0.127 e. The number of fused-ring (bicyclic) bond motifs is 2. The maximum atomic E-state index is 6.06. The summed E-state index contributed by atoms with van der Waals surface area (Å²) in [6, 6.07) is 19.1. The van der Waals surface area contributed by atoms with Crippen LogP contribution in [-0.2, 0) is 0 Å². The predicted octanol–water partition coefficient (Wildman–Crippen LogP) is 5.17. The summed E-state index contributed by atoms with van der Waals surface area (Å²) >= 11 is 0. The fourth-order valence-corrected chi connectivity index (χ4v) is 2.36. The molecule has 0 amide bonds. The van der Waals surface area contributed by atoms with Gasteiger partial charge in [0.15, 0.2) is 0 Å². The van der Waals surface area contributed by atoms with Crippen molar-refractivity contribution in [2.75, 3.05) is 0 Å². The van der Waals surface area contributed by atoms with Crippen LogP contribution in [0.1, 0.15) is 20.8 Å². The van der Waals surface area contributed by atoms with Gasteiger partial charge in [-0.15, -0.1) is 0 Å². The van der Waals surface area contributed by atoms with E-state index in [2.05, 4.69) is 69.3 Å². The molecular formula is C18H18O. The van der Waals surface area contributed by atoms with Crippen molar-refractivity contribution in [2.45, 2.75) is 26.4 Å². The summed E-state index contributed by atoms with van der Waals surface area (Å²) in [4.78, 5) is 0. The van der Waals surface area contributed by atoms with E-state index in [0.29, 0.717) is 0 Å². The van der Waals surface area contributed by atoms with Crippen LogP contribution in [0.4, 0.5) is 0 Å². The Morgan fingerprint density at radius 3 is 2.05 bits per heavy atom. The minimum atomic E-state index is -0.181. The molecule has 0 aliphatic heterocycles. The number of hydrogen-bond donors (Lipinski definition) is 0. The summed E-state index contributed by atoms with van der Waals surface area (Å²) in [7, 11) is 0. The quantitative estimate of drug-likeness (QED) is 0.541. The van der Waals surface area contributed by atoms with Crippen molar-refractivity contribution in [3.8, 4) is 5.75 Å². The van der Waals surface area contributed by atoms with Crippen LogP contribution in [0.5, 0.6) is 5.75 Å². The summed E-state index contributed by atoms with van der Waals surface area (Å²) in [6.07, 6.45) is 0. The Labute approximate surface area is 113 Å². The molecule has 0 saturated heterocycles. The SMILES string of the molecule is CC(C)(C)Oc1cccc2cc3ccccc3cc12. The smallest absolute Gasteiger partial charge is 0.127 e. The fourth-order valence-electron chi connectivity index (χ4n) is 2.36. The van der Waals surface area contributed by atoms with E-state index >= 15 is 0 Å². The van der Waals surface area contributed by atoms with Crippen molar-refractivity contribution in [1.29, 1.82) is 0 Å². The average molecular weight is 250 g/mol. The zero-order valence-electron chi connectivity index (χ0n) is 11.6. The molecule has 3 aromatic carbocycles. The van der Waals surface area contributed by atoms with E-state index in [1.165, 1.54) is 21.5 Å². The second kappa shape index (κ2) is 4.27. The predicted molar refractivity (Wildman–Crippen MR) is 81.8 cm³/mol. The zero-order valence-corrected chi connectivity index (χ0v) is 11.6. The summed E-state index contributed by atoms with van der Waals surface area (Å²) in [5, 5.41) is 4.92. The van der Waals surface area contributed by atoms with E-state index in [1.807, 2.05) is 6.07 Å². The van der Waals surface area contributed by atoms with Gasteiger partial charge in [0.2, 0.25) is 0 Å². The molecule has 0 aliphatic carbocycles. The van der Waals surface area contributed by atoms with Gasteiger partial charge in [0, 0.05) is 5.39 Å². The lowest BCUT2D eigenvalue weighted by Crippen LogP contribution is -2.23. The molecule has 0 bridgehead atoms. The molecule has 96 valence electrons. The molecule has 19 heavy (non-hydrogen) atoms. The van der Waals surface area contributed by atoms with Gasteiger partial charge in [-0.3, -0.25) is 0 Å². The van der Waals surface area contributed by atoms with Crippen molar-refractivity contribution in [2.24, 2.45) is 0 Å². The maximum absolute atomic E-state index is 6.06. The normalized spacial score (nSPS) is 11.9. The Balaban J connectivity index is 2.26. The number of rotatable bonds is 1. The summed E-state index contributed by atoms with van der Waals surface area (Å²) in [5.41, 5.74) is -0.181. The average Bonchev–Trinajstić information content (AvgIpc) is 2.35. The van der Waals surface area contributed by atoms with Gasteiger partial charge in [-0.2, -0.15) is 0 Å². The van der Waals surface area contributed by atoms with Crippen LogP contribution in [0.3, 0.4) is 0 Å². The van der Waals surface area contributed by atoms with E-state index in [1.54, 1.807) is 0 Å². The Morgan fingerprint density at radius 1 is 0.737 bits per heavy atom. The van der Waals surface area contributed by atoms with Gasteiger partial charge < -0.3 is 4.74 Å². The lowest BCUT2D eigenvalue weighted by Gasteiger charge is -2.22. The molecular weight excluding hydrogens is 232 g/mol. The molecule has 0 aromatic heterocycles. The molecule has 0 aliphatic rings. The zero-order chi connectivity index (χ0) is 13.5. The van der Waals surface area contributed by atoms with Crippen LogP contribution in [-0.4, -0.2) is 5.60 Å². The van der Waals surface area contributed by atoms with E-state index in [4.69, 9.17) is 4.74 Å². The first-order valence-corrected chi connectivity index (χ1v) is 6.63. The second-order valence-electron chi connectivity index (χ2n) is 5.89. The molecule has 0 saturated carbocycles. The molecule has 1 heteroatoms. The second-order valence-corrected chi connectivity index (χ2v) is 5.89. The van der Waals surface area contributed by atoms with Crippen molar-refractivity contribution in [1.82, 2.24) is 0 Å². The minimum Gasteiger partial charge on any atom is -0.488 e. The Bertz CT molecular complexity index is 735.